The first-order valence-electron chi connectivity index (χ1n) is 4.99. The molecule has 2 unspecified atom stereocenters. The van der Waals surface area contributed by atoms with Crippen molar-refractivity contribution in [1.29, 1.82) is 0 Å². The Kier molecular flexibility index (Phi) is 4.67. The highest BCUT2D eigenvalue weighted by molar-refractivity contribution is 5.31. The minimum absolute atomic E-state index is 0.0142. The van der Waals surface area contributed by atoms with Crippen LogP contribution >= 0.6 is 0 Å². The lowest BCUT2D eigenvalue weighted by Crippen LogP contribution is -2.22. The molecule has 0 aliphatic heterocycles. The van der Waals surface area contributed by atoms with E-state index in [2.05, 4.69) is 0 Å². The maximum Gasteiger partial charge on any atom is 0.129 e. The van der Waals surface area contributed by atoms with Gasteiger partial charge in [0, 0.05) is 5.56 Å². The molecule has 0 radical (unpaired) electrons. The molecular weight excluding hydrogens is 213 g/mol. The highest BCUT2D eigenvalue weighted by Gasteiger charge is 2.21. The predicted molar refractivity (Wildman–Crippen MR) is 57.6 cm³/mol. The van der Waals surface area contributed by atoms with Gasteiger partial charge in [-0.15, -0.1) is 0 Å². The Morgan fingerprint density at radius 2 is 2.12 bits per heavy atom. The summed E-state index contributed by atoms with van der Waals surface area (Å²) in [4.78, 5) is 0. The summed E-state index contributed by atoms with van der Waals surface area (Å²) in [6, 6.07) is 3.99. The molecule has 1 aromatic rings. The van der Waals surface area contributed by atoms with Crippen molar-refractivity contribution in [1.82, 2.24) is 0 Å². The second-order valence-corrected chi connectivity index (χ2v) is 3.48. The van der Waals surface area contributed by atoms with Crippen molar-refractivity contribution < 1.29 is 19.3 Å². The van der Waals surface area contributed by atoms with Gasteiger partial charge in [-0.05, 0) is 31.2 Å². The Labute approximate surface area is 93.5 Å². The maximum atomic E-state index is 13.4. The van der Waals surface area contributed by atoms with E-state index in [4.69, 9.17) is 10.5 Å². The highest BCUT2D eigenvalue weighted by Crippen LogP contribution is 2.25. The molecule has 0 bridgehead atoms. The fourth-order valence-electron chi connectivity index (χ4n) is 1.41. The van der Waals surface area contributed by atoms with E-state index in [0.29, 0.717) is 5.75 Å². The average molecular weight is 229 g/mol. The normalized spacial score (nSPS) is 14.6. The SMILES string of the molecule is COc1ccc(F)c(C(O)C(O)CCN)c1. The zero-order valence-corrected chi connectivity index (χ0v) is 9.06. The molecule has 1 aromatic carbocycles. The third kappa shape index (κ3) is 2.91. The van der Waals surface area contributed by atoms with Crippen LogP contribution in [0.15, 0.2) is 18.2 Å². The van der Waals surface area contributed by atoms with Crippen molar-refractivity contribution in [3.63, 3.8) is 0 Å². The molecule has 0 spiro atoms. The Bertz CT molecular complexity index is 346. The third-order valence-corrected chi connectivity index (χ3v) is 2.35. The number of halogens is 1. The predicted octanol–water partition coefficient (Wildman–Crippen LogP) is 0.577. The van der Waals surface area contributed by atoms with E-state index in [1.807, 2.05) is 0 Å². The summed E-state index contributed by atoms with van der Waals surface area (Å²) in [7, 11) is 1.44. The molecule has 4 N–H and O–H groups in total. The van der Waals surface area contributed by atoms with Gasteiger partial charge < -0.3 is 20.7 Å². The van der Waals surface area contributed by atoms with Crippen LogP contribution in [0, 0.1) is 5.82 Å². The summed E-state index contributed by atoms with van der Waals surface area (Å²) in [5.74, 6) is -0.153. The van der Waals surface area contributed by atoms with E-state index < -0.39 is 18.0 Å². The number of hydrogen-bond donors (Lipinski definition) is 3. The van der Waals surface area contributed by atoms with Crippen molar-refractivity contribution in [2.24, 2.45) is 5.73 Å². The maximum absolute atomic E-state index is 13.4. The van der Waals surface area contributed by atoms with Gasteiger partial charge in [0.2, 0.25) is 0 Å². The van der Waals surface area contributed by atoms with Crippen molar-refractivity contribution in [2.45, 2.75) is 18.6 Å². The molecule has 0 fully saturated rings. The van der Waals surface area contributed by atoms with Crippen LogP contribution in [0.2, 0.25) is 0 Å². The van der Waals surface area contributed by atoms with Crippen LogP contribution in [0.4, 0.5) is 4.39 Å². The zero-order chi connectivity index (χ0) is 12.1. The Morgan fingerprint density at radius 3 is 2.69 bits per heavy atom. The number of rotatable bonds is 5. The standard InChI is InChI=1S/C11H16FNO3/c1-16-7-2-3-9(12)8(6-7)11(15)10(14)4-5-13/h2-3,6,10-11,14-15H,4-5,13H2,1H3. The molecule has 1 rings (SSSR count). The molecule has 0 saturated carbocycles. The van der Waals surface area contributed by atoms with E-state index in [1.165, 1.54) is 25.3 Å². The number of ether oxygens (including phenoxy) is 1. The molecule has 2 atom stereocenters. The van der Waals surface area contributed by atoms with Crippen molar-refractivity contribution in [3.8, 4) is 5.75 Å². The number of aliphatic hydroxyl groups is 2. The molecule has 0 heterocycles. The van der Waals surface area contributed by atoms with Crippen LogP contribution in [0.1, 0.15) is 18.1 Å². The molecule has 0 aliphatic rings. The Hall–Kier alpha value is -1.17. The number of benzene rings is 1. The summed E-state index contributed by atoms with van der Waals surface area (Å²) in [5.41, 5.74) is 5.26. The van der Waals surface area contributed by atoms with Crippen LogP contribution in [-0.4, -0.2) is 30.0 Å². The number of aliphatic hydroxyl groups excluding tert-OH is 2. The number of hydrogen-bond acceptors (Lipinski definition) is 4. The van der Waals surface area contributed by atoms with Crippen LogP contribution < -0.4 is 10.5 Å². The lowest BCUT2D eigenvalue weighted by atomic mass is 10.0. The molecule has 0 aromatic heterocycles. The molecule has 90 valence electrons. The molecular formula is C11H16FNO3. The molecule has 0 saturated heterocycles. The van der Waals surface area contributed by atoms with Gasteiger partial charge in [-0.1, -0.05) is 0 Å². The summed E-state index contributed by atoms with van der Waals surface area (Å²) in [6.45, 7) is 0.226. The van der Waals surface area contributed by atoms with E-state index in [0.717, 1.165) is 0 Å². The van der Waals surface area contributed by atoms with Gasteiger partial charge in [0.1, 0.15) is 17.7 Å². The first-order valence-corrected chi connectivity index (χ1v) is 4.99. The molecule has 5 heteroatoms. The Balaban J connectivity index is 2.92. The third-order valence-electron chi connectivity index (χ3n) is 2.35. The van der Waals surface area contributed by atoms with Crippen LogP contribution in [0.3, 0.4) is 0 Å². The minimum Gasteiger partial charge on any atom is -0.497 e. The van der Waals surface area contributed by atoms with Gasteiger partial charge in [-0.25, -0.2) is 4.39 Å². The lowest BCUT2D eigenvalue weighted by molar-refractivity contribution is 0.0128. The second-order valence-electron chi connectivity index (χ2n) is 3.48. The zero-order valence-electron chi connectivity index (χ0n) is 9.06. The second kappa shape index (κ2) is 5.79. The Morgan fingerprint density at radius 1 is 1.44 bits per heavy atom. The molecule has 16 heavy (non-hydrogen) atoms. The van der Waals surface area contributed by atoms with Gasteiger partial charge in [0.15, 0.2) is 0 Å². The van der Waals surface area contributed by atoms with Crippen LogP contribution in [0.25, 0.3) is 0 Å². The molecule has 4 nitrogen and oxygen atoms in total. The highest BCUT2D eigenvalue weighted by atomic mass is 19.1. The largest absolute Gasteiger partial charge is 0.497 e. The molecule has 0 amide bonds. The lowest BCUT2D eigenvalue weighted by Gasteiger charge is -2.18. The first kappa shape index (κ1) is 12.9. The summed E-state index contributed by atoms with van der Waals surface area (Å²) in [5, 5.41) is 19.2. The van der Waals surface area contributed by atoms with Gasteiger partial charge in [-0.2, -0.15) is 0 Å². The fourth-order valence-corrected chi connectivity index (χ4v) is 1.41. The number of nitrogens with two attached hydrogens (primary N) is 1. The van der Waals surface area contributed by atoms with Crippen molar-refractivity contribution in [3.05, 3.63) is 29.6 Å². The topological polar surface area (TPSA) is 75.7 Å². The monoisotopic (exact) mass is 229 g/mol. The smallest absolute Gasteiger partial charge is 0.129 e. The van der Waals surface area contributed by atoms with E-state index in [-0.39, 0.29) is 18.5 Å². The van der Waals surface area contributed by atoms with Crippen LogP contribution in [-0.2, 0) is 0 Å². The van der Waals surface area contributed by atoms with Gasteiger partial charge in [0.25, 0.3) is 0 Å². The van der Waals surface area contributed by atoms with Crippen molar-refractivity contribution >= 4 is 0 Å². The van der Waals surface area contributed by atoms with E-state index in [9.17, 15) is 14.6 Å². The average Bonchev–Trinajstić information content (AvgIpc) is 2.29. The minimum atomic E-state index is -1.29. The summed E-state index contributed by atoms with van der Waals surface area (Å²) in [6.07, 6.45) is -2.16. The van der Waals surface area contributed by atoms with Crippen molar-refractivity contribution in [2.75, 3.05) is 13.7 Å². The first-order chi connectivity index (χ1) is 7.60. The van der Waals surface area contributed by atoms with Gasteiger partial charge in [0.05, 0.1) is 13.2 Å². The summed E-state index contributed by atoms with van der Waals surface area (Å²) < 4.78 is 18.3. The fraction of sp³-hybridized carbons (Fsp3) is 0.455. The van der Waals surface area contributed by atoms with Gasteiger partial charge >= 0.3 is 0 Å². The summed E-state index contributed by atoms with van der Waals surface area (Å²) >= 11 is 0. The van der Waals surface area contributed by atoms with Gasteiger partial charge in [-0.3, -0.25) is 0 Å². The quantitative estimate of drug-likeness (QED) is 0.690. The number of methoxy groups -OCH3 is 1. The van der Waals surface area contributed by atoms with Crippen LogP contribution in [0.5, 0.6) is 5.75 Å². The molecule has 0 aliphatic carbocycles. The van der Waals surface area contributed by atoms with E-state index >= 15 is 0 Å². The van der Waals surface area contributed by atoms with E-state index in [1.54, 1.807) is 0 Å².